The summed E-state index contributed by atoms with van der Waals surface area (Å²) in [6.45, 7) is 1.75. The number of carbonyl (C=O) groups excluding carboxylic acids is 1. The number of hydrogen-bond donors (Lipinski definition) is 2. The first-order valence-electron chi connectivity index (χ1n) is 9.15. The van der Waals surface area contributed by atoms with Crippen molar-refractivity contribution in [1.29, 1.82) is 0 Å². The van der Waals surface area contributed by atoms with Crippen molar-refractivity contribution in [2.45, 2.75) is 18.0 Å². The van der Waals surface area contributed by atoms with Crippen molar-refractivity contribution in [1.82, 2.24) is 5.43 Å². The normalized spacial score (nSPS) is 12.2. The Balaban J connectivity index is 2.02. The van der Waals surface area contributed by atoms with Gasteiger partial charge in [-0.1, -0.05) is 42.5 Å². The lowest BCUT2D eigenvalue weighted by atomic mass is 9.98. The molecule has 0 fully saturated rings. The number of halogens is 3. The van der Waals surface area contributed by atoms with Crippen LogP contribution in [-0.4, -0.2) is 25.1 Å². The molecule has 0 aliphatic rings. The van der Waals surface area contributed by atoms with Crippen molar-refractivity contribution in [3.8, 4) is 11.1 Å². The molecule has 0 atom stereocenters. The second kappa shape index (κ2) is 8.93. The van der Waals surface area contributed by atoms with Gasteiger partial charge >= 0.3 is 6.18 Å². The summed E-state index contributed by atoms with van der Waals surface area (Å²) in [4.78, 5) is 11.6. The average Bonchev–Trinajstić information content (AvgIpc) is 2.72. The minimum atomic E-state index is -4.82. The van der Waals surface area contributed by atoms with E-state index in [9.17, 15) is 30.9 Å². The SMILES string of the molecule is Cc1ccccc1C(=O)N/N=C/c1ccccc1-c1cc(C(F)(F)F)ccc1S(=O)(=O)O. The van der Waals surface area contributed by atoms with Gasteiger partial charge in [-0.25, -0.2) is 5.43 Å². The van der Waals surface area contributed by atoms with Crippen molar-refractivity contribution >= 4 is 22.2 Å². The van der Waals surface area contributed by atoms with E-state index in [4.69, 9.17) is 0 Å². The minimum absolute atomic E-state index is 0.0696. The molecule has 0 heterocycles. The van der Waals surface area contributed by atoms with Crippen molar-refractivity contribution in [3.05, 3.63) is 89.0 Å². The van der Waals surface area contributed by atoms with Crippen molar-refractivity contribution < 1.29 is 30.9 Å². The first-order chi connectivity index (χ1) is 15.0. The molecular formula is C22H17F3N2O4S. The zero-order valence-corrected chi connectivity index (χ0v) is 17.4. The topological polar surface area (TPSA) is 95.8 Å². The fraction of sp³-hybridized carbons (Fsp3) is 0.0909. The van der Waals surface area contributed by atoms with E-state index in [2.05, 4.69) is 10.5 Å². The summed E-state index contributed by atoms with van der Waals surface area (Å²) in [5.74, 6) is -0.491. The van der Waals surface area contributed by atoms with Gasteiger partial charge < -0.3 is 0 Å². The Morgan fingerprint density at radius 3 is 2.31 bits per heavy atom. The first-order valence-corrected chi connectivity index (χ1v) is 10.6. The van der Waals surface area contributed by atoms with E-state index in [-0.39, 0.29) is 16.7 Å². The molecule has 0 aromatic heterocycles. The van der Waals surface area contributed by atoms with Crippen LogP contribution < -0.4 is 5.43 Å². The van der Waals surface area contributed by atoms with Crippen molar-refractivity contribution in [2.75, 3.05) is 0 Å². The Morgan fingerprint density at radius 1 is 1.00 bits per heavy atom. The highest BCUT2D eigenvalue weighted by atomic mass is 32.2. The van der Waals surface area contributed by atoms with Crippen LogP contribution in [0.1, 0.15) is 27.0 Å². The lowest BCUT2D eigenvalue weighted by Crippen LogP contribution is -2.18. The molecule has 1 amide bonds. The molecule has 0 saturated heterocycles. The highest BCUT2D eigenvalue weighted by Gasteiger charge is 2.32. The molecule has 3 aromatic carbocycles. The summed E-state index contributed by atoms with van der Waals surface area (Å²) in [5, 5.41) is 3.85. The largest absolute Gasteiger partial charge is 0.416 e. The number of nitrogens with zero attached hydrogens (tertiary/aromatic N) is 1. The lowest BCUT2D eigenvalue weighted by Gasteiger charge is -2.14. The van der Waals surface area contributed by atoms with E-state index in [0.717, 1.165) is 5.56 Å². The molecule has 2 N–H and O–H groups in total. The van der Waals surface area contributed by atoms with Gasteiger partial charge in [0.2, 0.25) is 0 Å². The summed E-state index contributed by atoms with van der Waals surface area (Å²) in [5.41, 5.74) is 2.31. The van der Waals surface area contributed by atoms with Crippen LogP contribution >= 0.6 is 0 Å². The van der Waals surface area contributed by atoms with Crippen LogP contribution in [0.25, 0.3) is 11.1 Å². The third-order valence-corrected chi connectivity index (χ3v) is 5.51. The summed E-state index contributed by atoms with van der Waals surface area (Å²) in [7, 11) is -4.82. The summed E-state index contributed by atoms with van der Waals surface area (Å²) in [6, 6.07) is 14.6. The third-order valence-electron chi connectivity index (χ3n) is 4.60. The van der Waals surface area contributed by atoms with Crippen LogP contribution in [0.5, 0.6) is 0 Å². The number of hydrogen-bond acceptors (Lipinski definition) is 4. The average molecular weight is 462 g/mol. The number of benzene rings is 3. The zero-order valence-electron chi connectivity index (χ0n) is 16.6. The maximum absolute atomic E-state index is 13.2. The zero-order chi connectivity index (χ0) is 23.5. The van der Waals surface area contributed by atoms with Crippen LogP contribution in [0.3, 0.4) is 0 Å². The molecule has 0 aliphatic carbocycles. The highest BCUT2D eigenvalue weighted by molar-refractivity contribution is 7.86. The van der Waals surface area contributed by atoms with E-state index in [1.165, 1.54) is 24.4 Å². The smallest absolute Gasteiger partial charge is 0.282 e. The van der Waals surface area contributed by atoms with E-state index in [1.807, 2.05) is 0 Å². The van der Waals surface area contributed by atoms with Crippen molar-refractivity contribution in [3.63, 3.8) is 0 Å². The first kappa shape index (κ1) is 23.2. The lowest BCUT2D eigenvalue weighted by molar-refractivity contribution is -0.137. The fourth-order valence-corrected chi connectivity index (χ4v) is 3.73. The molecule has 32 heavy (non-hydrogen) atoms. The monoisotopic (exact) mass is 462 g/mol. The number of nitrogens with one attached hydrogen (secondary N) is 1. The van der Waals surface area contributed by atoms with E-state index in [0.29, 0.717) is 23.8 Å². The number of alkyl halides is 3. The Morgan fingerprint density at radius 2 is 1.66 bits per heavy atom. The Kier molecular flexibility index (Phi) is 6.47. The van der Waals surface area contributed by atoms with Gasteiger partial charge in [-0.3, -0.25) is 9.35 Å². The Labute approximate surface area is 182 Å². The van der Waals surface area contributed by atoms with Gasteiger partial charge in [0.25, 0.3) is 16.0 Å². The maximum atomic E-state index is 13.2. The standard InChI is InChI=1S/C22H17F3N2O4S/c1-14-6-2-4-8-17(14)21(28)27-26-13-15-7-3-5-9-18(15)19-12-16(22(23,24)25)10-11-20(19)32(29,30)31/h2-13H,1H3,(H,27,28)(H,29,30,31)/b26-13+. The molecule has 10 heteroatoms. The fourth-order valence-electron chi connectivity index (χ4n) is 3.04. The molecule has 0 radical (unpaired) electrons. The molecule has 3 aromatic rings. The highest BCUT2D eigenvalue weighted by Crippen LogP contribution is 2.36. The number of aryl methyl sites for hydroxylation is 1. The second-order valence-corrected chi connectivity index (χ2v) is 8.18. The van der Waals surface area contributed by atoms with Gasteiger partial charge in [0.05, 0.1) is 11.8 Å². The number of amides is 1. The Bertz CT molecular complexity index is 1300. The summed E-state index contributed by atoms with van der Waals surface area (Å²) < 4.78 is 72.7. The van der Waals surface area contributed by atoms with Crippen LogP contribution in [0, 0.1) is 6.92 Å². The van der Waals surface area contributed by atoms with Gasteiger partial charge in [-0.15, -0.1) is 0 Å². The van der Waals surface area contributed by atoms with Gasteiger partial charge in [0, 0.05) is 16.7 Å². The third kappa shape index (κ3) is 5.21. The minimum Gasteiger partial charge on any atom is -0.282 e. The van der Waals surface area contributed by atoms with Crippen LogP contribution in [0.2, 0.25) is 0 Å². The number of hydrazone groups is 1. The second-order valence-electron chi connectivity index (χ2n) is 6.79. The van der Waals surface area contributed by atoms with Crippen LogP contribution in [0.15, 0.2) is 76.7 Å². The predicted octanol–water partition coefficient (Wildman–Crippen LogP) is 4.69. The number of rotatable bonds is 5. The van der Waals surface area contributed by atoms with Gasteiger partial charge in [0.15, 0.2) is 0 Å². The predicted molar refractivity (Wildman–Crippen MR) is 113 cm³/mol. The molecule has 0 unspecified atom stereocenters. The molecule has 0 aliphatic heterocycles. The van der Waals surface area contributed by atoms with Crippen molar-refractivity contribution in [2.24, 2.45) is 5.10 Å². The van der Waals surface area contributed by atoms with E-state index in [1.54, 1.807) is 37.3 Å². The van der Waals surface area contributed by atoms with E-state index >= 15 is 0 Å². The summed E-state index contributed by atoms with van der Waals surface area (Å²) >= 11 is 0. The van der Waals surface area contributed by atoms with Crippen LogP contribution in [-0.2, 0) is 16.3 Å². The van der Waals surface area contributed by atoms with Gasteiger partial charge in [-0.2, -0.15) is 26.7 Å². The Hall–Kier alpha value is -3.50. The molecule has 0 bridgehead atoms. The molecule has 3 rings (SSSR count). The van der Waals surface area contributed by atoms with Crippen LogP contribution in [0.4, 0.5) is 13.2 Å². The van der Waals surface area contributed by atoms with E-state index < -0.39 is 32.7 Å². The molecule has 0 spiro atoms. The summed E-state index contributed by atoms with van der Waals surface area (Å²) in [6.07, 6.45) is -3.55. The molecule has 6 nitrogen and oxygen atoms in total. The number of carbonyl (C=O) groups is 1. The molecule has 0 saturated carbocycles. The maximum Gasteiger partial charge on any atom is 0.416 e. The molecular weight excluding hydrogens is 445 g/mol. The quantitative estimate of drug-likeness (QED) is 0.327. The molecule has 166 valence electrons. The van der Waals surface area contributed by atoms with Gasteiger partial charge in [0.1, 0.15) is 4.90 Å². The van der Waals surface area contributed by atoms with Gasteiger partial charge in [-0.05, 0) is 42.3 Å².